The molecule has 0 saturated carbocycles. The number of carboxylic acids is 1. The van der Waals surface area contributed by atoms with Gasteiger partial charge in [0, 0.05) is 11.8 Å². The van der Waals surface area contributed by atoms with Crippen molar-refractivity contribution in [1.82, 2.24) is 0 Å². The van der Waals surface area contributed by atoms with Crippen LogP contribution in [0.1, 0.15) is 26.5 Å². The van der Waals surface area contributed by atoms with Crippen LogP contribution in [-0.2, 0) is 6.61 Å². The Morgan fingerprint density at radius 1 is 1.04 bits per heavy atom. The largest absolute Gasteiger partial charge is 0.507 e. The lowest BCUT2D eigenvalue weighted by Crippen LogP contribution is -2.14. The van der Waals surface area contributed by atoms with Gasteiger partial charge in [-0.3, -0.25) is 4.79 Å². The quantitative estimate of drug-likeness (QED) is 0.626. The van der Waals surface area contributed by atoms with Crippen LogP contribution in [0.5, 0.6) is 11.5 Å². The van der Waals surface area contributed by atoms with Crippen LogP contribution in [0.3, 0.4) is 0 Å². The predicted octanol–water partition coefficient (Wildman–Crippen LogP) is 3.51. The number of phenols is 1. The number of carbonyl (C=O) groups is 2. The van der Waals surface area contributed by atoms with Crippen molar-refractivity contribution in [1.29, 1.82) is 0 Å². The second-order valence-corrected chi connectivity index (χ2v) is 5.35. The van der Waals surface area contributed by atoms with Crippen molar-refractivity contribution in [3.05, 3.63) is 77.7 Å². The van der Waals surface area contributed by atoms with Gasteiger partial charge in [0.15, 0.2) is 5.76 Å². The van der Waals surface area contributed by atoms with E-state index in [-0.39, 0.29) is 23.4 Å². The fraction of sp³-hybridized carbons (Fsp3) is 0.0526. The SMILES string of the molecule is O=C(O)c1ccc(NC(=O)c2ccoc2COc2ccccc2)cc1O. The first-order chi connectivity index (χ1) is 12.5. The minimum absolute atomic E-state index is 0.0724. The van der Waals surface area contributed by atoms with Crippen LogP contribution in [-0.4, -0.2) is 22.1 Å². The van der Waals surface area contributed by atoms with Gasteiger partial charge in [-0.1, -0.05) is 18.2 Å². The Morgan fingerprint density at radius 2 is 1.81 bits per heavy atom. The third-order valence-corrected chi connectivity index (χ3v) is 3.59. The minimum Gasteiger partial charge on any atom is -0.507 e. The number of carboxylic acid groups (broad SMARTS) is 1. The first kappa shape index (κ1) is 17.1. The zero-order chi connectivity index (χ0) is 18.5. The van der Waals surface area contributed by atoms with E-state index < -0.39 is 17.6 Å². The molecule has 0 unspecified atom stereocenters. The standard InChI is InChI=1S/C19H15NO6/c21-16-10-12(6-7-14(16)19(23)24)20-18(22)15-8-9-25-17(15)11-26-13-4-2-1-3-5-13/h1-10,21H,11H2,(H,20,22)(H,23,24). The van der Waals surface area contributed by atoms with E-state index in [1.807, 2.05) is 18.2 Å². The van der Waals surface area contributed by atoms with E-state index in [4.69, 9.17) is 14.3 Å². The molecule has 132 valence electrons. The molecule has 0 fully saturated rings. The van der Waals surface area contributed by atoms with E-state index in [1.54, 1.807) is 12.1 Å². The Hall–Kier alpha value is -3.74. The second kappa shape index (κ2) is 7.43. The van der Waals surface area contributed by atoms with Gasteiger partial charge in [0.1, 0.15) is 23.7 Å². The summed E-state index contributed by atoms with van der Waals surface area (Å²) in [5, 5.41) is 21.2. The number of hydrogen-bond acceptors (Lipinski definition) is 5. The van der Waals surface area contributed by atoms with Crippen LogP contribution in [0, 0.1) is 0 Å². The highest BCUT2D eigenvalue weighted by atomic mass is 16.5. The van der Waals surface area contributed by atoms with Crippen LogP contribution in [0.4, 0.5) is 5.69 Å². The van der Waals surface area contributed by atoms with Crippen LogP contribution in [0.25, 0.3) is 0 Å². The number of carbonyl (C=O) groups excluding carboxylic acids is 1. The zero-order valence-corrected chi connectivity index (χ0v) is 13.5. The highest BCUT2D eigenvalue weighted by molar-refractivity contribution is 6.05. The van der Waals surface area contributed by atoms with E-state index in [0.29, 0.717) is 11.5 Å². The molecule has 1 heterocycles. The van der Waals surface area contributed by atoms with Crippen LogP contribution < -0.4 is 10.1 Å². The van der Waals surface area contributed by atoms with E-state index >= 15 is 0 Å². The number of aromatic hydroxyl groups is 1. The summed E-state index contributed by atoms with van der Waals surface area (Å²) in [6.07, 6.45) is 1.38. The maximum Gasteiger partial charge on any atom is 0.339 e. The number of aromatic carboxylic acids is 1. The smallest absolute Gasteiger partial charge is 0.339 e. The molecule has 26 heavy (non-hydrogen) atoms. The molecular weight excluding hydrogens is 338 g/mol. The van der Waals surface area contributed by atoms with E-state index in [9.17, 15) is 14.7 Å². The van der Waals surface area contributed by atoms with Gasteiger partial charge in [0.05, 0.1) is 11.8 Å². The number of ether oxygens (including phenoxy) is 1. The average Bonchev–Trinajstić information content (AvgIpc) is 3.09. The number of furan rings is 1. The lowest BCUT2D eigenvalue weighted by atomic mass is 10.1. The Kier molecular flexibility index (Phi) is 4.89. The summed E-state index contributed by atoms with van der Waals surface area (Å²) in [7, 11) is 0. The first-order valence-electron chi connectivity index (χ1n) is 7.66. The second-order valence-electron chi connectivity index (χ2n) is 5.35. The lowest BCUT2D eigenvalue weighted by Gasteiger charge is -2.08. The van der Waals surface area contributed by atoms with E-state index in [0.717, 1.165) is 0 Å². The summed E-state index contributed by atoms with van der Waals surface area (Å²) in [5.41, 5.74) is 0.291. The van der Waals surface area contributed by atoms with Crippen molar-refractivity contribution in [2.45, 2.75) is 6.61 Å². The molecule has 7 heteroatoms. The molecule has 7 nitrogen and oxygen atoms in total. The number of anilines is 1. The molecule has 2 aromatic carbocycles. The summed E-state index contributed by atoms with van der Waals surface area (Å²) >= 11 is 0. The van der Waals surface area contributed by atoms with Gasteiger partial charge in [-0.05, 0) is 30.3 Å². The number of rotatable bonds is 6. The summed E-state index contributed by atoms with van der Waals surface area (Å²) in [6, 6.07) is 14.4. The third kappa shape index (κ3) is 3.84. The third-order valence-electron chi connectivity index (χ3n) is 3.59. The molecule has 0 radical (unpaired) electrons. The van der Waals surface area contributed by atoms with Crippen molar-refractivity contribution >= 4 is 17.6 Å². The summed E-state index contributed by atoms with van der Waals surface area (Å²) < 4.78 is 10.9. The van der Waals surface area contributed by atoms with Gasteiger partial charge in [-0.15, -0.1) is 0 Å². The minimum atomic E-state index is -1.25. The fourth-order valence-electron chi connectivity index (χ4n) is 2.31. The van der Waals surface area contributed by atoms with Crippen LogP contribution in [0.15, 0.2) is 65.3 Å². The molecule has 1 aromatic heterocycles. The van der Waals surface area contributed by atoms with Gasteiger partial charge in [-0.25, -0.2) is 4.79 Å². The average molecular weight is 353 g/mol. The molecular formula is C19H15NO6. The first-order valence-corrected chi connectivity index (χ1v) is 7.66. The number of amides is 1. The van der Waals surface area contributed by atoms with Crippen molar-refractivity contribution in [2.24, 2.45) is 0 Å². The normalized spacial score (nSPS) is 10.3. The van der Waals surface area contributed by atoms with Gasteiger partial charge in [-0.2, -0.15) is 0 Å². The number of nitrogens with one attached hydrogen (secondary N) is 1. The molecule has 0 atom stereocenters. The number of benzene rings is 2. The summed E-state index contributed by atoms with van der Waals surface area (Å²) in [4.78, 5) is 23.3. The predicted molar refractivity (Wildman–Crippen MR) is 92.5 cm³/mol. The van der Waals surface area contributed by atoms with Crippen molar-refractivity contribution < 1.29 is 29.0 Å². The highest BCUT2D eigenvalue weighted by Gasteiger charge is 2.17. The topological polar surface area (TPSA) is 109 Å². The zero-order valence-electron chi connectivity index (χ0n) is 13.5. The summed E-state index contributed by atoms with van der Waals surface area (Å²) in [6.45, 7) is 0.0724. The molecule has 1 amide bonds. The Morgan fingerprint density at radius 3 is 2.50 bits per heavy atom. The molecule has 0 aliphatic rings. The summed E-state index contributed by atoms with van der Waals surface area (Å²) in [5.74, 6) is -1.17. The molecule has 0 aliphatic heterocycles. The van der Waals surface area contributed by atoms with E-state index in [2.05, 4.69) is 5.32 Å². The molecule has 0 spiro atoms. The van der Waals surface area contributed by atoms with Gasteiger partial charge >= 0.3 is 5.97 Å². The van der Waals surface area contributed by atoms with Crippen molar-refractivity contribution in [2.75, 3.05) is 5.32 Å². The highest BCUT2D eigenvalue weighted by Crippen LogP contribution is 2.23. The van der Waals surface area contributed by atoms with Crippen molar-refractivity contribution in [3.63, 3.8) is 0 Å². The molecule has 3 rings (SSSR count). The van der Waals surface area contributed by atoms with Gasteiger partial charge < -0.3 is 24.7 Å². The molecule has 0 aliphatic carbocycles. The van der Waals surface area contributed by atoms with Gasteiger partial charge in [0.2, 0.25) is 0 Å². The Balaban J connectivity index is 1.70. The molecule has 3 N–H and O–H groups in total. The number of hydrogen-bond donors (Lipinski definition) is 3. The molecule has 0 saturated heterocycles. The van der Waals surface area contributed by atoms with Crippen molar-refractivity contribution in [3.8, 4) is 11.5 Å². The maximum atomic E-state index is 12.4. The molecule has 0 bridgehead atoms. The monoisotopic (exact) mass is 353 g/mol. The Bertz CT molecular complexity index is 932. The van der Waals surface area contributed by atoms with E-state index in [1.165, 1.54) is 30.5 Å². The fourth-order valence-corrected chi connectivity index (χ4v) is 2.31. The Labute approximate surface area is 148 Å². The van der Waals surface area contributed by atoms with Crippen LogP contribution in [0.2, 0.25) is 0 Å². The number of para-hydroxylation sites is 1. The maximum absolute atomic E-state index is 12.4. The molecule has 3 aromatic rings. The van der Waals surface area contributed by atoms with Crippen LogP contribution >= 0.6 is 0 Å². The van der Waals surface area contributed by atoms with Gasteiger partial charge in [0.25, 0.3) is 5.91 Å². The lowest BCUT2D eigenvalue weighted by molar-refractivity contribution is 0.0693.